The van der Waals surface area contributed by atoms with Crippen molar-refractivity contribution in [1.29, 1.82) is 0 Å². The topological polar surface area (TPSA) is 58.6 Å². The molecule has 1 aromatic rings. The van der Waals surface area contributed by atoms with Crippen molar-refractivity contribution >= 4 is 22.6 Å². The van der Waals surface area contributed by atoms with Crippen LogP contribution in [-0.2, 0) is 4.74 Å². The van der Waals surface area contributed by atoms with Crippen LogP contribution in [0.15, 0.2) is 0 Å². The molecule has 1 aliphatic heterocycles. The van der Waals surface area contributed by atoms with Crippen molar-refractivity contribution in [1.82, 2.24) is 15.1 Å². The third-order valence-corrected chi connectivity index (χ3v) is 4.73. The van der Waals surface area contributed by atoms with Gasteiger partial charge < -0.3 is 14.5 Å². The van der Waals surface area contributed by atoms with Gasteiger partial charge in [-0.25, -0.2) is 4.79 Å². The summed E-state index contributed by atoms with van der Waals surface area (Å²) in [6.45, 7) is 14.1. The summed E-state index contributed by atoms with van der Waals surface area (Å²) in [5.74, 6) is 0.395. The number of hydrogen-bond donors (Lipinski definition) is 0. The molecule has 0 unspecified atom stereocenters. The lowest BCUT2D eigenvalue weighted by molar-refractivity contribution is 0.0159. The molecule has 22 heavy (non-hydrogen) atoms. The van der Waals surface area contributed by atoms with E-state index < -0.39 is 5.60 Å². The number of carbonyl (C=O) groups excluding carboxylic acids is 1. The highest BCUT2D eigenvalue weighted by atomic mass is 32.1. The van der Waals surface area contributed by atoms with Gasteiger partial charge in [-0.05, 0) is 27.7 Å². The molecule has 0 saturated carbocycles. The Bertz CT molecular complexity index is 524. The van der Waals surface area contributed by atoms with Crippen molar-refractivity contribution in [3.63, 3.8) is 0 Å². The van der Waals surface area contributed by atoms with E-state index in [1.54, 1.807) is 16.2 Å². The summed E-state index contributed by atoms with van der Waals surface area (Å²) >= 11 is 1.64. The molecular formula is C15H26N4O2S. The van der Waals surface area contributed by atoms with E-state index in [4.69, 9.17) is 4.74 Å². The molecule has 0 radical (unpaired) electrons. The molecule has 1 aromatic heterocycles. The quantitative estimate of drug-likeness (QED) is 0.836. The first kappa shape index (κ1) is 17.0. The molecule has 6 nitrogen and oxygen atoms in total. The predicted octanol–water partition coefficient (Wildman–Crippen LogP) is 3.11. The van der Waals surface area contributed by atoms with Crippen molar-refractivity contribution in [3.8, 4) is 0 Å². The average Bonchev–Trinajstić information content (AvgIpc) is 2.85. The summed E-state index contributed by atoms with van der Waals surface area (Å²) in [5.41, 5.74) is -0.459. The van der Waals surface area contributed by atoms with Crippen LogP contribution < -0.4 is 4.90 Å². The van der Waals surface area contributed by atoms with Gasteiger partial charge in [-0.2, -0.15) is 0 Å². The lowest BCUT2D eigenvalue weighted by Crippen LogP contribution is -2.55. The predicted molar refractivity (Wildman–Crippen MR) is 88.6 cm³/mol. The first-order valence-corrected chi connectivity index (χ1v) is 8.57. The van der Waals surface area contributed by atoms with Crippen LogP contribution in [0.2, 0.25) is 0 Å². The van der Waals surface area contributed by atoms with Crippen LogP contribution >= 0.6 is 11.3 Å². The normalized spacial score (nSPS) is 19.7. The molecule has 124 valence electrons. The lowest BCUT2D eigenvalue weighted by Gasteiger charge is -2.39. The fraction of sp³-hybridized carbons (Fsp3) is 0.800. The van der Waals surface area contributed by atoms with Gasteiger partial charge in [-0.1, -0.05) is 25.2 Å². The van der Waals surface area contributed by atoms with E-state index >= 15 is 0 Å². The highest BCUT2D eigenvalue weighted by Crippen LogP contribution is 2.27. The van der Waals surface area contributed by atoms with Gasteiger partial charge >= 0.3 is 6.09 Å². The highest BCUT2D eigenvalue weighted by Gasteiger charge is 2.32. The maximum absolute atomic E-state index is 12.2. The monoisotopic (exact) mass is 326 g/mol. The van der Waals surface area contributed by atoms with Crippen molar-refractivity contribution in [3.05, 3.63) is 5.01 Å². The summed E-state index contributed by atoms with van der Waals surface area (Å²) in [6.07, 6.45) is -0.236. The Kier molecular flexibility index (Phi) is 4.94. The Morgan fingerprint density at radius 1 is 1.32 bits per heavy atom. The number of rotatable bonds is 2. The van der Waals surface area contributed by atoms with E-state index in [-0.39, 0.29) is 12.1 Å². The van der Waals surface area contributed by atoms with Crippen LogP contribution in [0.25, 0.3) is 0 Å². The zero-order valence-corrected chi connectivity index (χ0v) is 15.1. The van der Waals surface area contributed by atoms with Crippen molar-refractivity contribution in [2.75, 3.05) is 24.5 Å². The number of amides is 1. The van der Waals surface area contributed by atoms with Gasteiger partial charge in [0.25, 0.3) is 0 Å². The molecule has 0 aromatic carbocycles. The zero-order chi connectivity index (χ0) is 16.5. The number of hydrogen-bond acceptors (Lipinski definition) is 6. The number of aromatic nitrogens is 2. The zero-order valence-electron chi connectivity index (χ0n) is 14.3. The summed E-state index contributed by atoms with van der Waals surface area (Å²) in [6, 6.07) is 0.0926. The number of ether oxygens (including phenoxy) is 1. The summed E-state index contributed by atoms with van der Waals surface area (Å²) in [4.78, 5) is 16.2. The number of carbonyl (C=O) groups is 1. The molecule has 1 saturated heterocycles. The third kappa shape index (κ3) is 4.09. The summed E-state index contributed by atoms with van der Waals surface area (Å²) < 4.78 is 5.47. The molecular weight excluding hydrogens is 300 g/mol. The van der Waals surface area contributed by atoms with Gasteiger partial charge in [-0.15, -0.1) is 10.2 Å². The molecule has 7 heteroatoms. The Morgan fingerprint density at radius 2 is 2.00 bits per heavy atom. The fourth-order valence-electron chi connectivity index (χ4n) is 2.31. The Hall–Kier alpha value is -1.37. The summed E-state index contributed by atoms with van der Waals surface area (Å²) in [5, 5.41) is 10.5. The Balaban J connectivity index is 1.98. The van der Waals surface area contributed by atoms with Gasteiger partial charge in [0.2, 0.25) is 5.13 Å². The van der Waals surface area contributed by atoms with Gasteiger partial charge in [0.05, 0.1) is 0 Å². The maximum Gasteiger partial charge on any atom is 0.410 e. The minimum Gasteiger partial charge on any atom is -0.444 e. The van der Waals surface area contributed by atoms with E-state index in [0.29, 0.717) is 12.5 Å². The molecule has 0 N–H and O–H groups in total. The van der Waals surface area contributed by atoms with Gasteiger partial charge in [-0.3, -0.25) is 0 Å². The minimum atomic E-state index is -0.459. The van der Waals surface area contributed by atoms with Crippen LogP contribution in [-0.4, -0.2) is 52.5 Å². The second kappa shape index (κ2) is 6.40. The second-order valence-electron chi connectivity index (χ2n) is 7.05. The van der Waals surface area contributed by atoms with Crippen molar-refractivity contribution in [2.24, 2.45) is 0 Å². The second-order valence-corrected chi connectivity index (χ2v) is 8.03. The average molecular weight is 326 g/mol. The maximum atomic E-state index is 12.2. The molecule has 2 heterocycles. The molecule has 1 fully saturated rings. The summed E-state index contributed by atoms with van der Waals surface area (Å²) in [7, 11) is 0. The standard InChI is InChI=1S/C15H26N4O2S/c1-10(2)12-16-17-13(22-12)18-7-8-19(11(3)9-18)14(20)21-15(4,5)6/h10-11H,7-9H2,1-6H3/t11-/m1/s1. The Labute approximate surface area is 136 Å². The molecule has 0 spiro atoms. The van der Waals surface area contributed by atoms with E-state index in [0.717, 1.165) is 23.2 Å². The van der Waals surface area contributed by atoms with Gasteiger partial charge in [0.15, 0.2) is 0 Å². The molecule has 1 amide bonds. The van der Waals surface area contributed by atoms with Crippen LogP contribution in [0.5, 0.6) is 0 Å². The third-order valence-electron chi connectivity index (χ3n) is 3.45. The molecule has 0 bridgehead atoms. The van der Waals surface area contributed by atoms with E-state index in [1.807, 2.05) is 27.7 Å². The Morgan fingerprint density at radius 3 is 2.50 bits per heavy atom. The molecule has 1 atom stereocenters. The van der Waals surface area contributed by atoms with Crippen molar-refractivity contribution in [2.45, 2.75) is 59.1 Å². The van der Waals surface area contributed by atoms with Gasteiger partial charge in [0, 0.05) is 31.6 Å². The van der Waals surface area contributed by atoms with E-state index in [2.05, 4.69) is 28.9 Å². The number of piperazine rings is 1. The first-order chi connectivity index (χ1) is 10.2. The highest BCUT2D eigenvalue weighted by molar-refractivity contribution is 7.15. The van der Waals surface area contributed by atoms with Crippen LogP contribution in [0, 0.1) is 0 Å². The van der Waals surface area contributed by atoms with Crippen LogP contribution in [0.3, 0.4) is 0 Å². The first-order valence-electron chi connectivity index (χ1n) is 7.75. The molecule has 0 aliphatic carbocycles. The SMILES string of the molecule is CC(C)c1nnc(N2CCN(C(=O)OC(C)(C)C)[C@H](C)C2)s1. The lowest BCUT2D eigenvalue weighted by atomic mass is 10.2. The fourth-order valence-corrected chi connectivity index (χ4v) is 3.19. The molecule has 1 aliphatic rings. The number of nitrogens with zero attached hydrogens (tertiary/aromatic N) is 4. The molecule has 2 rings (SSSR count). The van der Waals surface area contributed by atoms with Gasteiger partial charge in [0.1, 0.15) is 10.6 Å². The number of anilines is 1. The van der Waals surface area contributed by atoms with E-state index in [1.165, 1.54) is 0 Å². The smallest absolute Gasteiger partial charge is 0.410 e. The minimum absolute atomic E-state index is 0.0926. The van der Waals surface area contributed by atoms with Crippen LogP contribution in [0.1, 0.15) is 52.5 Å². The van der Waals surface area contributed by atoms with Crippen LogP contribution in [0.4, 0.5) is 9.93 Å². The van der Waals surface area contributed by atoms with Crippen molar-refractivity contribution < 1.29 is 9.53 Å². The largest absolute Gasteiger partial charge is 0.444 e. The van der Waals surface area contributed by atoms with E-state index in [9.17, 15) is 4.79 Å².